The molecule has 0 unspecified atom stereocenters. The molecular weight excluding hydrogens is 537 g/mol. The number of alkyl halides is 1. The second kappa shape index (κ2) is 11.9. The van der Waals surface area contributed by atoms with Gasteiger partial charge in [0.2, 0.25) is 5.95 Å². The minimum Gasteiger partial charge on any atom is -0.492 e. The SMILES string of the molecule is C.Cc1cc(C)c(CN2CCc3c(-c4cnc(N5CC(F)C5)nc4)cc(OC[C@@H](C)CO)c(Cl)c3C2=O)c(=O)[nH]1. The van der Waals surface area contributed by atoms with Gasteiger partial charge in [0.15, 0.2) is 0 Å². The molecule has 0 saturated carbocycles. The van der Waals surface area contributed by atoms with Crippen molar-refractivity contribution >= 4 is 23.5 Å². The van der Waals surface area contributed by atoms with Crippen molar-refractivity contribution in [3.8, 4) is 16.9 Å². The van der Waals surface area contributed by atoms with Crippen LogP contribution in [0.4, 0.5) is 10.3 Å². The van der Waals surface area contributed by atoms with Gasteiger partial charge in [-0.15, -0.1) is 0 Å². The molecule has 1 fully saturated rings. The number of aliphatic hydroxyl groups is 1. The van der Waals surface area contributed by atoms with Gasteiger partial charge in [0, 0.05) is 48.3 Å². The number of benzene rings is 1. The van der Waals surface area contributed by atoms with E-state index >= 15 is 0 Å². The smallest absolute Gasteiger partial charge is 0.256 e. The highest BCUT2D eigenvalue weighted by Gasteiger charge is 2.33. The molecule has 3 aromatic rings. The summed E-state index contributed by atoms with van der Waals surface area (Å²) in [6.45, 7) is 6.75. The third kappa shape index (κ3) is 5.69. The number of aliphatic hydroxyl groups excluding tert-OH is 1. The monoisotopic (exact) mass is 571 g/mol. The first kappa shape index (κ1) is 29.5. The maximum atomic E-state index is 13.8. The molecule has 2 aliphatic rings. The number of hydrogen-bond donors (Lipinski definition) is 2. The summed E-state index contributed by atoms with van der Waals surface area (Å²) in [6, 6.07) is 3.67. The van der Waals surface area contributed by atoms with Crippen molar-refractivity contribution in [2.75, 3.05) is 37.7 Å². The van der Waals surface area contributed by atoms with Crippen LogP contribution >= 0.6 is 11.6 Å². The minimum atomic E-state index is -0.870. The Bertz CT molecular complexity index is 1460. The maximum absolute atomic E-state index is 13.8. The van der Waals surface area contributed by atoms with E-state index in [1.54, 1.807) is 28.3 Å². The lowest BCUT2D eigenvalue weighted by Crippen LogP contribution is -2.49. The third-order valence-corrected chi connectivity index (χ3v) is 7.59. The summed E-state index contributed by atoms with van der Waals surface area (Å²) in [4.78, 5) is 41.5. The first-order chi connectivity index (χ1) is 18.7. The summed E-state index contributed by atoms with van der Waals surface area (Å²) >= 11 is 6.79. The van der Waals surface area contributed by atoms with Gasteiger partial charge in [-0.2, -0.15) is 0 Å². The van der Waals surface area contributed by atoms with Crippen LogP contribution in [0.1, 0.15) is 47.1 Å². The number of anilines is 1. The van der Waals surface area contributed by atoms with Crippen LogP contribution in [-0.2, 0) is 13.0 Å². The van der Waals surface area contributed by atoms with E-state index in [0.717, 1.165) is 22.4 Å². The Hall–Kier alpha value is -3.50. The van der Waals surface area contributed by atoms with E-state index < -0.39 is 6.17 Å². The van der Waals surface area contributed by atoms with Crippen molar-refractivity contribution in [2.24, 2.45) is 5.92 Å². The highest BCUT2D eigenvalue weighted by atomic mass is 35.5. The number of amides is 1. The fourth-order valence-electron chi connectivity index (χ4n) is 4.94. The Kier molecular flexibility index (Phi) is 8.80. The Balaban J connectivity index is 0.00000370. The average molecular weight is 572 g/mol. The summed E-state index contributed by atoms with van der Waals surface area (Å²) in [5.74, 6) is 0.333. The number of carbonyl (C=O) groups excluding carboxylic acids is 1. The second-order valence-corrected chi connectivity index (χ2v) is 10.8. The fraction of sp³-hybridized carbons (Fsp3) is 0.448. The van der Waals surface area contributed by atoms with E-state index in [1.807, 2.05) is 26.8 Å². The van der Waals surface area contributed by atoms with Gasteiger partial charge in [-0.3, -0.25) is 9.59 Å². The van der Waals surface area contributed by atoms with Crippen molar-refractivity contribution in [3.05, 3.63) is 67.9 Å². The predicted octanol–water partition coefficient (Wildman–Crippen LogP) is 4.10. The standard InChI is InChI=1S/C28H31ClFN5O4.CH4/c1-15(13-36)14-39-23-7-21(18-8-31-28(32-9-18)35-10-19(30)11-35)20-4-5-34(27(38)24(20)25(23)29)12-22-16(2)6-17(3)33-26(22)37;/h6-9,15,19,36H,4-5,10-14H2,1-3H3,(H,33,37);1H4/t15-;/m0./s1. The number of hydrogen-bond acceptors (Lipinski definition) is 7. The average Bonchev–Trinajstić information content (AvgIpc) is 2.89. The van der Waals surface area contributed by atoms with Crippen LogP contribution in [0.5, 0.6) is 5.75 Å². The number of fused-ring (bicyclic) bond motifs is 1. The van der Waals surface area contributed by atoms with Gasteiger partial charge in [-0.25, -0.2) is 14.4 Å². The Labute approximate surface area is 238 Å². The topological polar surface area (TPSA) is 112 Å². The second-order valence-electron chi connectivity index (χ2n) is 10.4. The lowest BCUT2D eigenvalue weighted by Gasteiger charge is -2.34. The van der Waals surface area contributed by atoms with Crippen LogP contribution in [0, 0.1) is 19.8 Å². The third-order valence-electron chi connectivity index (χ3n) is 7.22. The van der Waals surface area contributed by atoms with Gasteiger partial charge in [-0.1, -0.05) is 26.0 Å². The van der Waals surface area contributed by atoms with Crippen LogP contribution in [-0.4, -0.2) is 69.9 Å². The molecule has 1 aromatic carbocycles. The molecular formula is C29H35ClFN5O4. The molecule has 5 rings (SSSR count). The zero-order valence-corrected chi connectivity index (χ0v) is 22.9. The van der Waals surface area contributed by atoms with Gasteiger partial charge in [0.05, 0.1) is 36.8 Å². The largest absolute Gasteiger partial charge is 0.492 e. The van der Waals surface area contributed by atoms with Gasteiger partial charge in [-0.05, 0) is 49.1 Å². The number of pyridine rings is 1. The number of aromatic amines is 1. The van der Waals surface area contributed by atoms with E-state index in [9.17, 15) is 19.1 Å². The summed E-state index contributed by atoms with van der Waals surface area (Å²) < 4.78 is 19.3. The highest BCUT2D eigenvalue weighted by molar-refractivity contribution is 6.35. The van der Waals surface area contributed by atoms with Crippen LogP contribution < -0.4 is 15.2 Å². The molecule has 0 spiro atoms. The Morgan fingerprint density at radius 2 is 1.93 bits per heavy atom. The molecule has 1 atom stereocenters. The number of aryl methyl sites for hydroxylation is 2. The fourth-order valence-corrected chi connectivity index (χ4v) is 5.24. The number of halogens is 2. The summed E-state index contributed by atoms with van der Waals surface area (Å²) in [5, 5.41) is 9.64. The van der Waals surface area contributed by atoms with E-state index in [1.165, 1.54) is 0 Å². The van der Waals surface area contributed by atoms with E-state index in [2.05, 4.69) is 15.0 Å². The number of nitrogens with one attached hydrogen (secondary N) is 1. The number of aromatic nitrogens is 3. The zero-order valence-electron chi connectivity index (χ0n) is 22.1. The van der Waals surface area contributed by atoms with Crippen LogP contribution in [0.25, 0.3) is 11.1 Å². The van der Waals surface area contributed by atoms with Gasteiger partial charge in [0.1, 0.15) is 11.9 Å². The van der Waals surface area contributed by atoms with E-state index in [-0.39, 0.29) is 62.7 Å². The Morgan fingerprint density at radius 1 is 1.23 bits per heavy atom. The number of nitrogens with zero attached hydrogens (tertiary/aromatic N) is 4. The molecule has 2 aliphatic heterocycles. The molecule has 0 aliphatic carbocycles. The first-order valence-corrected chi connectivity index (χ1v) is 13.3. The number of rotatable bonds is 8. The maximum Gasteiger partial charge on any atom is 0.256 e. The normalized spacial score (nSPS) is 15.8. The van der Waals surface area contributed by atoms with Crippen molar-refractivity contribution in [2.45, 2.75) is 47.3 Å². The van der Waals surface area contributed by atoms with Crippen molar-refractivity contribution in [1.29, 1.82) is 0 Å². The molecule has 1 saturated heterocycles. The lowest BCUT2D eigenvalue weighted by molar-refractivity contribution is 0.0725. The zero-order chi connectivity index (χ0) is 27.8. The predicted molar refractivity (Wildman–Crippen MR) is 153 cm³/mol. The quantitative estimate of drug-likeness (QED) is 0.419. The lowest BCUT2D eigenvalue weighted by atomic mass is 9.90. The molecule has 2 aromatic heterocycles. The van der Waals surface area contributed by atoms with E-state index in [0.29, 0.717) is 41.4 Å². The van der Waals surface area contributed by atoms with Crippen LogP contribution in [0.2, 0.25) is 5.02 Å². The molecule has 40 heavy (non-hydrogen) atoms. The number of H-pyrrole nitrogens is 1. The minimum absolute atomic E-state index is 0. The summed E-state index contributed by atoms with van der Waals surface area (Å²) in [5.41, 5.74) is 4.36. The van der Waals surface area contributed by atoms with Crippen molar-refractivity contribution in [3.63, 3.8) is 0 Å². The molecule has 1 amide bonds. The molecule has 0 bridgehead atoms. The molecule has 9 nitrogen and oxygen atoms in total. The molecule has 11 heteroatoms. The summed E-state index contributed by atoms with van der Waals surface area (Å²) in [7, 11) is 0. The number of ether oxygens (including phenoxy) is 1. The highest BCUT2D eigenvalue weighted by Crippen LogP contribution is 2.41. The molecule has 4 heterocycles. The molecule has 214 valence electrons. The van der Waals surface area contributed by atoms with Gasteiger partial charge < -0.3 is 24.6 Å². The Morgan fingerprint density at radius 3 is 2.55 bits per heavy atom. The molecule has 2 N–H and O–H groups in total. The van der Waals surface area contributed by atoms with Gasteiger partial charge in [0.25, 0.3) is 11.5 Å². The van der Waals surface area contributed by atoms with Crippen LogP contribution in [0.15, 0.2) is 29.3 Å². The first-order valence-electron chi connectivity index (χ1n) is 12.9. The van der Waals surface area contributed by atoms with Gasteiger partial charge >= 0.3 is 0 Å². The molecule has 0 radical (unpaired) electrons. The van der Waals surface area contributed by atoms with Crippen molar-refractivity contribution < 1.29 is 19.0 Å². The summed E-state index contributed by atoms with van der Waals surface area (Å²) in [6.07, 6.45) is 2.95. The van der Waals surface area contributed by atoms with E-state index in [4.69, 9.17) is 16.3 Å². The van der Waals surface area contributed by atoms with Crippen molar-refractivity contribution in [1.82, 2.24) is 19.9 Å². The van der Waals surface area contributed by atoms with Crippen LogP contribution in [0.3, 0.4) is 0 Å². The number of carbonyl (C=O) groups is 1.